The van der Waals surface area contributed by atoms with E-state index in [1.807, 2.05) is 0 Å². The van der Waals surface area contributed by atoms with Gasteiger partial charge in [0.05, 0.1) is 19.1 Å². The molecule has 2 fully saturated rings. The number of aryl methyl sites for hydroxylation is 2. The average molecular weight is 549 g/mol. The van der Waals surface area contributed by atoms with E-state index in [2.05, 4.69) is 65.4 Å². The zero-order valence-electron chi connectivity index (χ0n) is 24.5. The normalized spacial score (nSPS) is 21.9. The highest BCUT2D eigenvalue weighted by molar-refractivity contribution is 5.68. The number of pyridine rings is 1. The highest BCUT2D eigenvalue weighted by atomic mass is 16.5. The van der Waals surface area contributed by atoms with Crippen molar-refractivity contribution >= 4 is 17.5 Å². The first-order valence-corrected chi connectivity index (χ1v) is 15.5. The summed E-state index contributed by atoms with van der Waals surface area (Å²) in [6.07, 6.45) is 9.15. The number of aromatic nitrogens is 1. The number of likely N-dealkylation sites (tertiary alicyclic amines) is 1. The predicted octanol–water partition coefficient (Wildman–Crippen LogP) is 5.74. The Bertz CT molecular complexity index is 1130. The van der Waals surface area contributed by atoms with E-state index in [4.69, 9.17) is 9.72 Å². The van der Waals surface area contributed by atoms with Gasteiger partial charge in [0.25, 0.3) is 0 Å². The van der Waals surface area contributed by atoms with Crippen LogP contribution >= 0.6 is 0 Å². The molecule has 2 N–H and O–H groups in total. The lowest BCUT2D eigenvalue weighted by Crippen LogP contribution is -2.40. The molecule has 0 unspecified atom stereocenters. The number of nitrogens with zero attached hydrogens (tertiary/aromatic N) is 3. The van der Waals surface area contributed by atoms with E-state index in [1.165, 1.54) is 36.2 Å². The summed E-state index contributed by atoms with van der Waals surface area (Å²) in [4.78, 5) is 21.6. The number of hydrogen-bond donors (Lipinski definition) is 2. The summed E-state index contributed by atoms with van der Waals surface area (Å²) in [5.74, 6) is 0.171. The number of hydrogen-bond acceptors (Lipinski definition) is 6. The number of fused-ring (bicyclic) bond motifs is 1. The molecular formula is C33H48N4O3. The zero-order valence-corrected chi connectivity index (χ0v) is 24.5. The van der Waals surface area contributed by atoms with Crippen LogP contribution < -0.4 is 10.2 Å². The fourth-order valence-corrected chi connectivity index (χ4v) is 6.43. The summed E-state index contributed by atoms with van der Waals surface area (Å²) in [5.41, 5.74) is 5.19. The number of carboxylic acid groups (broad SMARTS) is 1. The minimum atomic E-state index is -0.769. The number of carboxylic acids is 1. The topological polar surface area (TPSA) is 77.9 Å². The molecule has 5 rings (SSSR count). The van der Waals surface area contributed by atoms with E-state index in [1.54, 1.807) is 0 Å². The Morgan fingerprint density at radius 3 is 2.85 bits per heavy atom. The molecule has 2 saturated heterocycles. The molecule has 7 nitrogen and oxygen atoms in total. The van der Waals surface area contributed by atoms with Crippen LogP contribution in [0.4, 0.5) is 11.5 Å². The number of aliphatic carboxylic acids is 1. The van der Waals surface area contributed by atoms with Gasteiger partial charge in [0.15, 0.2) is 0 Å². The Balaban J connectivity index is 1.12. The van der Waals surface area contributed by atoms with Gasteiger partial charge in [-0.2, -0.15) is 0 Å². The molecule has 1 aromatic heterocycles. The van der Waals surface area contributed by atoms with E-state index >= 15 is 0 Å². The quantitative estimate of drug-likeness (QED) is 0.371. The maximum absolute atomic E-state index is 11.8. The van der Waals surface area contributed by atoms with Crippen molar-refractivity contribution in [2.45, 2.75) is 83.7 Å². The Kier molecular flexibility index (Phi) is 9.63. The van der Waals surface area contributed by atoms with Crippen molar-refractivity contribution in [1.82, 2.24) is 9.88 Å². The van der Waals surface area contributed by atoms with Gasteiger partial charge in [-0.25, -0.2) is 4.98 Å². The molecule has 0 aliphatic carbocycles. The van der Waals surface area contributed by atoms with E-state index in [0.29, 0.717) is 12.0 Å². The number of nitrogens with one attached hydrogen (secondary N) is 1. The number of rotatable bonds is 11. The molecule has 3 aliphatic rings. The molecule has 0 saturated carbocycles. The monoisotopic (exact) mass is 548 g/mol. The smallest absolute Gasteiger partial charge is 0.304 e. The molecule has 0 spiro atoms. The first-order chi connectivity index (χ1) is 19.3. The van der Waals surface area contributed by atoms with Gasteiger partial charge < -0.3 is 25.0 Å². The molecular weight excluding hydrogens is 500 g/mol. The molecule has 1 aromatic carbocycles. The fraction of sp³-hybridized carbons (Fsp3) is 0.636. The van der Waals surface area contributed by atoms with Gasteiger partial charge in [-0.1, -0.05) is 32.0 Å². The summed E-state index contributed by atoms with van der Waals surface area (Å²) in [6, 6.07) is 13.0. The highest BCUT2D eigenvalue weighted by Crippen LogP contribution is 2.33. The predicted molar refractivity (Wildman–Crippen MR) is 161 cm³/mol. The minimum absolute atomic E-state index is 0.0928. The van der Waals surface area contributed by atoms with E-state index < -0.39 is 5.97 Å². The molecule has 40 heavy (non-hydrogen) atoms. The van der Waals surface area contributed by atoms with Gasteiger partial charge in [0.1, 0.15) is 5.82 Å². The number of piperidine rings is 2. The summed E-state index contributed by atoms with van der Waals surface area (Å²) < 4.78 is 6.43. The van der Waals surface area contributed by atoms with Gasteiger partial charge in [-0.3, -0.25) is 4.79 Å². The largest absolute Gasteiger partial charge is 0.481 e. The van der Waals surface area contributed by atoms with E-state index in [9.17, 15) is 9.90 Å². The zero-order chi connectivity index (χ0) is 28.0. The van der Waals surface area contributed by atoms with E-state index in [-0.39, 0.29) is 18.4 Å². The molecule has 2 atom stereocenters. The molecule has 218 valence electrons. The third-order valence-electron chi connectivity index (χ3n) is 9.10. The van der Waals surface area contributed by atoms with Crippen LogP contribution in [-0.4, -0.2) is 72.9 Å². The molecule has 7 heteroatoms. The third kappa shape index (κ3) is 7.97. The average Bonchev–Trinajstić information content (AvgIpc) is 2.95. The standard InChI is InChI=1S/C33H48N4O3/c1-33(2)14-19-37(20-15-33)29-10-3-7-26(21-29)27(22-31(38)39)24-40-30-11-6-18-36(23-30)17-5-9-28-13-12-25-8-4-16-34-32(25)35-28/h3,7,10,12-13,21,27,30H,4-6,8-9,11,14-20,22-24H2,1-2H3,(H,34,35)(H,38,39)/t27-,30+/m0/s1. The molecule has 0 amide bonds. The van der Waals surface area contributed by atoms with Crippen LogP contribution in [0.5, 0.6) is 0 Å². The van der Waals surface area contributed by atoms with Crippen molar-refractivity contribution in [2.24, 2.45) is 5.41 Å². The van der Waals surface area contributed by atoms with Crippen molar-refractivity contribution in [3.05, 3.63) is 53.2 Å². The Hall–Kier alpha value is -2.64. The molecule has 2 aromatic rings. The van der Waals surface area contributed by atoms with Crippen molar-refractivity contribution in [2.75, 3.05) is 56.1 Å². The van der Waals surface area contributed by atoms with Crippen LogP contribution in [0.3, 0.4) is 0 Å². The van der Waals surface area contributed by atoms with Crippen LogP contribution in [0.15, 0.2) is 36.4 Å². The second kappa shape index (κ2) is 13.3. The first-order valence-electron chi connectivity index (χ1n) is 15.5. The van der Waals surface area contributed by atoms with Crippen LogP contribution in [0.1, 0.15) is 81.5 Å². The lowest BCUT2D eigenvalue weighted by molar-refractivity contribution is -0.138. The summed E-state index contributed by atoms with van der Waals surface area (Å²) >= 11 is 0. The van der Waals surface area contributed by atoms with Gasteiger partial charge in [0.2, 0.25) is 0 Å². The number of benzene rings is 1. The Morgan fingerprint density at radius 1 is 1.18 bits per heavy atom. The molecule has 0 radical (unpaired) electrons. The van der Waals surface area contributed by atoms with Gasteiger partial charge in [-0.05, 0) is 99.2 Å². The van der Waals surface area contributed by atoms with Crippen LogP contribution in [0.2, 0.25) is 0 Å². The van der Waals surface area contributed by atoms with E-state index in [0.717, 1.165) is 82.8 Å². The van der Waals surface area contributed by atoms with Crippen molar-refractivity contribution < 1.29 is 14.6 Å². The highest BCUT2D eigenvalue weighted by Gasteiger charge is 2.27. The van der Waals surface area contributed by atoms with Crippen LogP contribution in [0.25, 0.3) is 0 Å². The van der Waals surface area contributed by atoms with Crippen molar-refractivity contribution in [3.8, 4) is 0 Å². The first kappa shape index (κ1) is 28.9. The molecule has 4 heterocycles. The lowest BCUT2D eigenvalue weighted by atomic mass is 9.82. The third-order valence-corrected chi connectivity index (χ3v) is 9.10. The summed E-state index contributed by atoms with van der Waals surface area (Å²) in [7, 11) is 0. The maximum Gasteiger partial charge on any atom is 0.304 e. The van der Waals surface area contributed by atoms with Gasteiger partial charge in [0, 0.05) is 43.5 Å². The van der Waals surface area contributed by atoms with Crippen LogP contribution in [-0.2, 0) is 22.4 Å². The second-order valence-corrected chi connectivity index (χ2v) is 12.9. The number of carbonyl (C=O) groups is 1. The summed E-state index contributed by atoms with van der Waals surface area (Å²) in [5, 5.41) is 13.1. The second-order valence-electron chi connectivity index (χ2n) is 12.9. The fourth-order valence-electron chi connectivity index (χ4n) is 6.43. The Morgan fingerprint density at radius 2 is 2.02 bits per heavy atom. The SMILES string of the molecule is CC1(C)CCN(c2cccc([C@H](CO[C@@H]3CCCN(CCCc4ccc5c(n4)NCCC5)C3)CC(=O)O)c2)CC1. The Labute approximate surface area is 240 Å². The minimum Gasteiger partial charge on any atom is -0.481 e. The number of ether oxygens (including phenoxy) is 1. The van der Waals surface area contributed by atoms with Gasteiger partial charge in [-0.15, -0.1) is 0 Å². The van der Waals surface area contributed by atoms with Crippen molar-refractivity contribution in [3.63, 3.8) is 0 Å². The molecule has 3 aliphatic heterocycles. The van der Waals surface area contributed by atoms with Crippen LogP contribution in [0, 0.1) is 5.41 Å². The number of anilines is 2. The maximum atomic E-state index is 11.8. The summed E-state index contributed by atoms with van der Waals surface area (Å²) in [6.45, 7) is 11.3. The molecule has 0 bridgehead atoms. The van der Waals surface area contributed by atoms with Crippen molar-refractivity contribution in [1.29, 1.82) is 0 Å². The van der Waals surface area contributed by atoms with Gasteiger partial charge >= 0.3 is 5.97 Å². The lowest BCUT2D eigenvalue weighted by Gasteiger charge is -2.38.